The average Bonchev–Trinajstić information content (AvgIpc) is 2.17. The van der Waals surface area contributed by atoms with Crippen molar-refractivity contribution in [3.8, 4) is 0 Å². The Morgan fingerprint density at radius 3 is 2.71 bits per heavy atom. The van der Waals surface area contributed by atoms with Crippen molar-refractivity contribution < 1.29 is 14.0 Å². The molecule has 84 valence electrons. The quantitative estimate of drug-likeness (QED) is 0.740. The summed E-state index contributed by atoms with van der Waals surface area (Å²) in [4.78, 5) is 8.94. The summed E-state index contributed by atoms with van der Waals surface area (Å²) < 4.78 is 16.2. The third-order valence-corrected chi connectivity index (χ3v) is 4.11. The molecular weight excluding hydrogens is 199 g/mol. The van der Waals surface area contributed by atoms with Gasteiger partial charge in [-0.25, -0.2) is 0 Å². The van der Waals surface area contributed by atoms with Gasteiger partial charge in [0.1, 0.15) is 0 Å². The maximum atomic E-state index is 10.9. The van der Waals surface area contributed by atoms with Crippen LogP contribution in [0, 0.1) is 5.92 Å². The molecule has 0 aromatic carbocycles. The van der Waals surface area contributed by atoms with Crippen LogP contribution in [0.15, 0.2) is 0 Å². The molecule has 0 spiro atoms. The summed E-state index contributed by atoms with van der Waals surface area (Å²) in [5.41, 5.74) is -0.308. The van der Waals surface area contributed by atoms with Crippen molar-refractivity contribution in [1.82, 2.24) is 0 Å². The second-order valence-corrected chi connectivity index (χ2v) is 4.87. The van der Waals surface area contributed by atoms with Crippen LogP contribution in [-0.4, -0.2) is 10.5 Å². The Morgan fingerprint density at radius 1 is 1.50 bits per heavy atom. The standard InChI is InChI=1S/C10H21O3P/c1-3-9-7-5-6-8-10(9,4-2)13-14(11)12/h9,14H,3-8H2,1-2H3,(H,11,12). The van der Waals surface area contributed by atoms with Crippen molar-refractivity contribution >= 4 is 8.25 Å². The van der Waals surface area contributed by atoms with Crippen LogP contribution in [0.25, 0.3) is 0 Å². The topological polar surface area (TPSA) is 46.5 Å². The predicted octanol–water partition coefficient (Wildman–Crippen LogP) is 3.13. The van der Waals surface area contributed by atoms with E-state index in [0.29, 0.717) is 5.92 Å². The molecule has 0 radical (unpaired) electrons. The first kappa shape index (κ1) is 12.2. The first-order valence-corrected chi connectivity index (χ1v) is 6.83. The van der Waals surface area contributed by atoms with Crippen LogP contribution in [0.1, 0.15) is 52.4 Å². The normalized spacial score (nSPS) is 35.5. The van der Waals surface area contributed by atoms with Crippen molar-refractivity contribution in [2.24, 2.45) is 5.92 Å². The summed E-state index contributed by atoms with van der Waals surface area (Å²) in [6, 6.07) is 0. The fourth-order valence-electron chi connectivity index (χ4n) is 2.70. The maximum absolute atomic E-state index is 10.9. The van der Waals surface area contributed by atoms with Gasteiger partial charge in [0.15, 0.2) is 0 Å². The minimum atomic E-state index is -2.80. The molecule has 1 N–H and O–H groups in total. The van der Waals surface area contributed by atoms with Crippen molar-refractivity contribution in [3.05, 3.63) is 0 Å². The van der Waals surface area contributed by atoms with E-state index in [1.165, 1.54) is 6.42 Å². The van der Waals surface area contributed by atoms with Gasteiger partial charge in [0, 0.05) is 0 Å². The third kappa shape index (κ3) is 2.59. The lowest BCUT2D eigenvalue weighted by Gasteiger charge is -2.42. The van der Waals surface area contributed by atoms with Gasteiger partial charge in [0.05, 0.1) is 5.60 Å². The molecule has 3 nitrogen and oxygen atoms in total. The molecule has 1 aliphatic carbocycles. The molecule has 1 saturated carbocycles. The summed E-state index contributed by atoms with van der Waals surface area (Å²) in [6.45, 7) is 4.19. The van der Waals surface area contributed by atoms with Gasteiger partial charge < -0.3 is 9.42 Å². The fraction of sp³-hybridized carbons (Fsp3) is 1.00. The Balaban J connectivity index is 2.75. The Bertz CT molecular complexity index is 208. The van der Waals surface area contributed by atoms with Gasteiger partial charge in [0.25, 0.3) is 0 Å². The van der Waals surface area contributed by atoms with Crippen LogP contribution in [0.3, 0.4) is 0 Å². The molecule has 0 aromatic heterocycles. The van der Waals surface area contributed by atoms with Gasteiger partial charge in [-0.05, 0) is 25.2 Å². The van der Waals surface area contributed by atoms with Crippen LogP contribution in [0.5, 0.6) is 0 Å². The minimum Gasteiger partial charge on any atom is -0.326 e. The highest BCUT2D eigenvalue weighted by molar-refractivity contribution is 7.32. The summed E-state index contributed by atoms with van der Waals surface area (Å²) >= 11 is 0. The minimum absolute atomic E-state index is 0.308. The van der Waals surface area contributed by atoms with E-state index >= 15 is 0 Å². The monoisotopic (exact) mass is 220 g/mol. The molecule has 0 saturated heterocycles. The average molecular weight is 220 g/mol. The molecule has 4 heteroatoms. The van der Waals surface area contributed by atoms with E-state index < -0.39 is 8.25 Å². The number of hydrogen-bond donors (Lipinski definition) is 1. The Labute approximate surface area is 86.8 Å². The molecule has 0 aromatic rings. The van der Waals surface area contributed by atoms with Gasteiger partial charge in [-0.2, -0.15) is 0 Å². The molecule has 1 aliphatic rings. The number of hydrogen-bond acceptors (Lipinski definition) is 2. The van der Waals surface area contributed by atoms with E-state index in [4.69, 9.17) is 9.42 Å². The zero-order valence-corrected chi connectivity index (χ0v) is 10.1. The largest absolute Gasteiger partial charge is 0.326 e. The highest BCUT2D eigenvalue weighted by atomic mass is 31.1. The molecule has 0 amide bonds. The van der Waals surface area contributed by atoms with E-state index in [2.05, 4.69) is 13.8 Å². The van der Waals surface area contributed by atoms with Gasteiger partial charge in [-0.15, -0.1) is 0 Å². The number of rotatable bonds is 4. The van der Waals surface area contributed by atoms with Crippen LogP contribution >= 0.6 is 8.25 Å². The lowest BCUT2D eigenvalue weighted by Crippen LogP contribution is -2.41. The van der Waals surface area contributed by atoms with Gasteiger partial charge in [-0.1, -0.05) is 33.1 Å². The summed E-state index contributed by atoms with van der Waals surface area (Å²) in [5, 5.41) is 0. The van der Waals surface area contributed by atoms with E-state index in [0.717, 1.165) is 32.1 Å². The van der Waals surface area contributed by atoms with E-state index in [1.807, 2.05) is 0 Å². The molecule has 1 rings (SSSR count). The summed E-state index contributed by atoms with van der Waals surface area (Å²) in [6.07, 6.45) is 6.33. The third-order valence-electron chi connectivity index (χ3n) is 3.53. The zero-order valence-electron chi connectivity index (χ0n) is 9.08. The van der Waals surface area contributed by atoms with Gasteiger partial charge in [-0.3, -0.25) is 4.57 Å². The second kappa shape index (κ2) is 5.29. The van der Waals surface area contributed by atoms with Crippen molar-refractivity contribution in [3.63, 3.8) is 0 Å². The van der Waals surface area contributed by atoms with Gasteiger partial charge in [0.2, 0.25) is 0 Å². The molecule has 1 fully saturated rings. The molecule has 3 unspecified atom stereocenters. The maximum Gasteiger partial charge on any atom is 0.317 e. The van der Waals surface area contributed by atoms with Crippen molar-refractivity contribution in [2.75, 3.05) is 0 Å². The van der Waals surface area contributed by atoms with Crippen molar-refractivity contribution in [2.45, 2.75) is 58.0 Å². The molecule has 0 heterocycles. The molecular formula is C10H21O3P. The highest BCUT2D eigenvalue weighted by Gasteiger charge is 2.40. The van der Waals surface area contributed by atoms with Crippen LogP contribution < -0.4 is 0 Å². The first-order valence-electron chi connectivity index (χ1n) is 5.56. The Hall–Kier alpha value is 0.150. The fourth-order valence-corrected chi connectivity index (χ4v) is 3.46. The predicted molar refractivity (Wildman–Crippen MR) is 57.6 cm³/mol. The Morgan fingerprint density at radius 2 is 2.21 bits per heavy atom. The molecule has 0 aliphatic heterocycles. The summed E-state index contributed by atoms with van der Waals surface area (Å²) in [7, 11) is -2.80. The Kier molecular flexibility index (Phi) is 4.62. The van der Waals surface area contributed by atoms with Crippen molar-refractivity contribution in [1.29, 1.82) is 0 Å². The summed E-state index contributed by atoms with van der Waals surface area (Å²) in [5.74, 6) is 0.461. The van der Waals surface area contributed by atoms with Gasteiger partial charge >= 0.3 is 8.25 Å². The van der Waals surface area contributed by atoms with E-state index in [1.54, 1.807) is 0 Å². The lowest BCUT2D eigenvalue weighted by molar-refractivity contribution is -0.0302. The van der Waals surface area contributed by atoms with Crippen LogP contribution in [0.2, 0.25) is 0 Å². The molecule has 3 atom stereocenters. The second-order valence-electron chi connectivity index (χ2n) is 4.14. The molecule has 14 heavy (non-hydrogen) atoms. The van der Waals surface area contributed by atoms with E-state index in [-0.39, 0.29) is 5.60 Å². The smallest absolute Gasteiger partial charge is 0.317 e. The SMILES string of the molecule is CCC1CCCCC1(CC)O[PH](=O)O. The molecule has 0 bridgehead atoms. The zero-order chi connectivity index (χ0) is 10.6. The first-order chi connectivity index (χ1) is 6.64. The van der Waals surface area contributed by atoms with Crippen LogP contribution in [0.4, 0.5) is 0 Å². The lowest BCUT2D eigenvalue weighted by atomic mass is 9.73. The highest BCUT2D eigenvalue weighted by Crippen LogP contribution is 2.45. The van der Waals surface area contributed by atoms with E-state index in [9.17, 15) is 4.57 Å². The van der Waals surface area contributed by atoms with Crippen LogP contribution in [-0.2, 0) is 9.09 Å².